The van der Waals surface area contributed by atoms with Crippen molar-refractivity contribution in [2.24, 2.45) is 0 Å². The van der Waals surface area contributed by atoms with Gasteiger partial charge in [0.15, 0.2) is 0 Å². The highest BCUT2D eigenvalue weighted by molar-refractivity contribution is 5.45. The summed E-state index contributed by atoms with van der Waals surface area (Å²) in [5.41, 5.74) is 7.16. The third kappa shape index (κ3) is 5.63. The van der Waals surface area contributed by atoms with Gasteiger partial charge < -0.3 is 20.8 Å². The summed E-state index contributed by atoms with van der Waals surface area (Å²) in [6.45, 7) is 3.94. The smallest absolute Gasteiger partial charge is 0.115 e. The molecule has 108 valence electrons. The number of nitrogens with two attached hydrogens (primary N) is 1. The van der Waals surface area contributed by atoms with E-state index in [-0.39, 0.29) is 12.4 Å². The fourth-order valence-electron chi connectivity index (χ4n) is 1.70. The zero-order valence-electron chi connectivity index (χ0n) is 11.7. The Balaban J connectivity index is 0.000000217. The molecule has 0 heterocycles. The molecule has 0 aliphatic rings. The molecule has 4 N–H and O–H groups in total. The molecule has 4 nitrogen and oxygen atoms in total. The van der Waals surface area contributed by atoms with Gasteiger partial charge in [0.2, 0.25) is 0 Å². The predicted octanol–water partition coefficient (Wildman–Crippen LogP) is 2.48. The third-order valence-electron chi connectivity index (χ3n) is 2.77. The standard InChI is InChI=1S/C10H15NO.C6H7NO/c1-2-11(8-9-12)10-6-4-3-5-7-10;7-5-1-3-6(8)4-2-5/h3-7,12H,2,8-9H2,1H3;1-4,8H,7H2. The molecule has 0 saturated heterocycles. The highest BCUT2D eigenvalue weighted by atomic mass is 16.3. The van der Waals surface area contributed by atoms with Gasteiger partial charge in [-0.05, 0) is 43.3 Å². The molecule has 0 radical (unpaired) electrons. The van der Waals surface area contributed by atoms with Crippen molar-refractivity contribution < 1.29 is 10.2 Å². The Kier molecular flexibility index (Phi) is 7.00. The third-order valence-corrected chi connectivity index (χ3v) is 2.77. The molecular weight excluding hydrogens is 252 g/mol. The molecule has 20 heavy (non-hydrogen) atoms. The Bertz CT molecular complexity index is 451. The van der Waals surface area contributed by atoms with E-state index in [9.17, 15) is 0 Å². The highest BCUT2D eigenvalue weighted by Gasteiger charge is 2.00. The lowest BCUT2D eigenvalue weighted by molar-refractivity contribution is 0.302. The van der Waals surface area contributed by atoms with Gasteiger partial charge in [0.1, 0.15) is 5.75 Å². The lowest BCUT2D eigenvalue weighted by atomic mass is 10.3. The summed E-state index contributed by atoms with van der Waals surface area (Å²) < 4.78 is 0. The molecule has 2 rings (SSSR count). The second-order valence-electron chi connectivity index (χ2n) is 4.23. The van der Waals surface area contributed by atoms with Crippen molar-refractivity contribution >= 4 is 11.4 Å². The number of phenolic OH excluding ortho intramolecular Hbond substituents is 1. The van der Waals surface area contributed by atoms with E-state index in [1.165, 1.54) is 5.69 Å². The first kappa shape index (κ1) is 15.9. The van der Waals surface area contributed by atoms with E-state index in [0.717, 1.165) is 6.54 Å². The maximum absolute atomic E-state index is 8.79. The molecule has 0 amide bonds. The van der Waals surface area contributed by atoms with Crippen LogP contribution in [0.3, 0.4) is 0 Å². The topological polar surface area (TPSA) is 69.7 Å². The normalized spacial score (nSPS) is 9.50. The number of hydrogen-bond donors (Lipinski definition) is 3. The first-order valence-corrected chi connectivity index (χ1v) is 6.62. The van der Waals surface area contributed by atoms with Gasteiger partial charge in [0.05, 0.1) is 6.61 Å². The number of nitrogens with zero attached hydrogens (tertiary/aromatic N) is 1. The summed E-state index contributed by atoms with van der Waals surface area (Å²) in [5.74, 6) is 0.249. The van der Waals surface area contributed by atoms with E-state index in [1.54, 1.807) is 24.3 Å². The van der Waals surface area contributed by atoms with Crippen molar-refractivity contribution in [2.45, 2.75) is 6.92 Å². The average Bonchev–Trinajstić information content (AvgIpc) is 2.49. The number of nitrogen functional groups attached to an aromatic ring is 1. The van der Waals surface area contributed by atoms with Crippen LogP contribution in [-0.4, -0.2) is 29.9 Å². The molecule has 0 bridgehead atoms. The molecule has 4 heteroatoms. The minimum Gasteiger partial charge on any atom is -0.508 e. The monoisotopic (exact) mass is 274 g/mol. The summed E-state index contributed by atoms with van der Waals surface area (Å²) in [7, 11) is 0. The van der Waals surface area contributed by atoms with E-state index in [1.807, 2.05) is 18.2 Å². The van der Waals surface area contributed by atoms with Crippen LogP contribution in [0.15, 0.2) is 54.6 Å². The number of aliphatic hydroxyl groups excluding tert-OH is 1. The number of aromatic hydroxyl groups is 1. The lowest BCUT2D eigenvalue weighted by Gasteiger charge is -2.21. The van der Waals surface area contributed by atoms with E-state index in [2.05, 4.69) is 24.0 Å². The van der Waals surface area contributed by atoms with Crippen LogP contribution in [0.1, 0.15) is 6.92 Å². The minimum absolute atomic E-state index is 0.211. The molecule has 0 unspecified atom stereocenters. The Hall–Kier alpha value is -2.20. The Labute approximate surface area is 120 Å². The van der Waals surface area contributed by atoms with Gasteiger partial charge in [-0.25, -0.2) is 0 Å². The first-order chi connectivity index (χ1) is 9.67. The molecule has 0 atom stereocenters. The van der Waals surface area contributed by atoms with Crippen molar-refractivity contribution in [1.82, 2.24) is 0 Å². The van der Waals surface area contributed by atoms with E-state index < -0.39 is 0 Å². The number of anilines is 2. The van der Waals surface area contributed by atoms with Crippen LogP contribution in [0.25, 0.3) is 0 Å². The summed E-state index contributed by atoms with van der Waals surface area (Å²) in [5, 5.41) is 17.5. The minimum atomic E-state index is 0.211. The largest absolute Gasteiger partial charge is 0.508 e. The maximum atomic E-state index is 8.79. The maximum Gasteiger partial charge on any atom is 0.115 e. The van der Waals surface area contributed by atoms with E-state index in [0.29, 0.717) is 12.2 Å². The van der Waals surface area contributed by atoms with Crippen LogP contribution < -0.4 is 10.6 Å². The van der Waals surface area contributed by atoms with E-state index in [4.69, 9.17) is 15.9 Å². The van der Waals surface area contributed by atoms with Crippen LogP contribution in [0.5, 0.6) is 5.75 Å². The zero-order chi connectivity index (χ0) is 14.8. The van der Waals surface area contributed by atoms with Crippen LogP contribution >= 0.6 is 0 Å². The van der Waals surface area contributed by atoms with Crippen molar-refractivity contribution in [1.29, 1.82) is 0 Å². The van der Waals surface area contributed by atoms with Crippen LogP contribution in [0.2, 0.25) is 0 Å². The summed E-state index contributed by atoms with van der Waals surface area (Å²) in [6, 6.07) is 16.5. The van der Waals surface area contributed by atoms with Crippen molar-refractivity contribution in [3.05, 3.63) is 54.6 Å². The van der Waals surface area contributed by atoms with Crippen molar-refractivity contribution in [3.8, 4) is 5.75 Å². The van der Waals surface area contributed by atoms with Gasteiger partial charge >= 0.3 is 0 Å². The molecule has 2 aromatic carbocycles. The number of likely N-dealkylation sites (N-methyl/N-ethyl adjacent to an activating group) is 1. The number of hydrogen-bond acceptors (Lipinski definition) is 4. The molecule has 0 spiro atoms. The second kappa shape index (κ2) is 8.82. The summed E-state index contributed by atoms with van der Waals surface area (Å²) in [4.78, 5) is 2.14. The zero-order valence-corrected chi connectivity index (χ0v) is 11.7. The van der Waals surface area contributed by atoms with Gasteiger partial charge in [-0.1, -0.05) is 18.2 Å². The highest BCUT2D eigenvalue weighted by Crippen LogP contribution is 2.11. The van der Waals surface area contributed by atoms with Gasteiger partial charge in [-0.2, -0.15) is 0 Å². The molecule has 0 fully saturated rings. The first-order valence-electron chi connectivity index (χ1n) is 6.62. The fraction of sp³-hybridized carbons (Fsp3) is 0.250. The van der Waals surface area contributed by atoms with Gasteiger partial charge in [0.25, 0.3) is 0 Å². The quantitative estimate of drug-likeness (QED) is 0.592. The Morgan fingerprint density at radius 3 is 2.05 bits per heavy atom. The van der Waals surface area contributed by atoms with Crippen molar-refractivity contribution in [2.75, 3.05) is 30.3 Å². The van der Waals surface area contributed by atoms with Crippen LogP contribution in [0, 0.1) is 0 Å². The number of para-hydroxylation sites is 1. The molecule has 0 saturated carbocycles. The molecule has 2 aromatic rings. The summed E-state index contributed by atoms with van der Waals surface area (Å²) >= 11 is 0. The predicted molar refractivity (Wildman–Crippen MR) is 83.9 cm³/mol. The lowest BCUT2D eigenvalue weighted by Crippen LogP contribution is -2.25. The summed E-state index contributed by atoms with van der Waals surface area (Å²) in [6.07, 6.45) is 0. The molecule has 0 aromatic heterocycles. The van der Waals surface area contributed by atoms with Gasteiger partial charge in [-0.3, -0.25) is 0 Å². The Morgan fingerprint density at radius 1 is 1.00 bits per heavy atom. The molecule has 0 aliphatic carbocycles. The van der Waals surface area contributed by atoms with Gasteiger partial charge in [-0.15, -0.1) is 0 Å². The number of rotatable bonds is 4. The SMILES string of the molecule is CCN(CCO)c1ccccc1.Nc1ccc(O)cc1. The van der Waals surface area contributed by atoms with Crippen LogP contribution in [-0.2, 0) is 0 Å². The Morgan fingerprint density at radius 2 is 1.60 bits per heavy atom. The van der Waals surface area contributed by atoms with Gasteiger partial charge in [0, 0.05) is 24.5 Å². The number of aliphatic hydroxyl groups is 1. The van der Waals surface area contributed by atoms with E-state index >= 15 is 0 Å². The average molecular weight is 274 g/mol. The second-order valence-corrected chi connectivity index (χ2v) is 4.23. The molecular formula is C16H22N2O2. The van der Waals surface area contributed by atoms with Crippen molar-refractivity contribution in [3.63, 3.8) is 0 Å². The molecule has 0 aliphatic heterocycles. The number of benzene rings is 2. The fourth-order valence-corrected chi connectivity index (χ4v) is 1.70. The number of phenols is 1. The van der Waals surface area contributed by atoms with Crippen LogP contribution in [0.4, 0.5) is 11.4 Å².